The van der Waals surface area contributed by atoms with E-state index in [4.69, 9.17) is 15.2 Å². The first-order valence-corrected chi connectivity index (χ1v) is 5.43. The highest BCUT2D eigenvalue weighted by Crippen LogP contribution is 2.24. The zero-order valence-corrected chi connectivity index (χ0v) is 10.1. The van der Waals surface area contributed by atoms with Crippen LogP contribution in [-0.2, 0) is 4.74 Å². The third-order valence-corrected chi connectivity index (χ3v) is 2.45. The number of pyridine rings is 2. The molecule has 6 nitrogen and oxygen atoms in total. The molecule has 0 saturated heterocycles. The Morgan fingerprint density at radius 3 is 2.89 bits per heavy atom. The number of carbonyl (C=O) groups excluding carboxylic acids is 1. The fourth-order valence-corrected chi connectivity index (χ4v) is 1.57. The molecule has 0 radical (unpaired) electrons. The van der Waals surface area contributed by atoms with E-state index < -0.39 is 5.97 Å². The third-order valence-electron chi connectivity index (χ3n) is 2.45. The summed E-state index contributed by atoms with van der Waals surface area (Å²) in [6, 6.07) is 3.38. The van der Waals surface area contributed by atoms with E-state index in [9.17, 15) is 4.79 Å². The molecule has 0 amide bonds. The number of ether oxygens (including phenoxy) is 2. The lowest BCUT2D eigenvalue weighted by atomic mass is 10.1. The molecule has 0 saturated carbocycles. The summed E-state index contributed by atoms with van der Waals surface area (Å²) in [5.74, 6) is -0.0431. The number of fused-ring (bicyclic) bond motifs is 1. The quantitative estimate of drug-likeness (QED) is 0.825. The Bertz CT molecular complexity index is 598. The first kappa shape index (κ1) is 12.1. The maximum Gasteiger partial charge on any atom is 0.341 e. The Morgan fingerprint density at radius 1 is 1.44 bits per heavy atom. The summed E-state index contributed by atoms with van der Waals surface area (Å²) in [6.07, 6.45) is 1.36. The van der Waals surface area contributed by atoms with Crippen LogP contribution in [0.5, 0.6) is 5.88 Å². The lowest BCUT2D eigenvalue weighted by Crippen LogP contribution is -2.09. The Balaban J connectivity index is 2.54. The van der Waals surface area contributed by atoms with Crippen molar-refractivity contribution in [2.45, 2.75) is 6.92 Å². The summed E-state index contributed by atoms with van der Waals surface area (Å²) < 4.78 is 9.89. The second-order valence-electron chi connectivity index (χ2n) is 3.53. The summed E-state index contributed by atoms with van der Waals surface area (Å²) in [5.41, 5.74) is 6.91. The number of hydrogen-bond donors (Lipinski definition) is 1. The van der Waals surface area contributed by atoms with Gasteiger partial charge in [-0.15, -0.1) is 0 Å². The van der Waals surface area contributed by atoms with Gasteiger partial charge in [-0.2, -0.15) is 4.98 Å². The molecule has 2 N–H and O–H groups in total. The fraction of sp³-hybridized carbons (Fsp3) is 0.250. The summed E-state index contributed by atoms with van der Waals surface area (Å²) in [6.45, 7) is 2.02. The van der Waals surface area contributed by atoms with E-state index in [0.717, 1.165) is 0 Å². The minimum absolute atomic E-state index is 0.247. The van der Waals surface area contributed by atoms with Crippen LogP contribution in [0.15, 0.2) is 18.3 Å². The molecule has 18 heavy (non-hydrogen) atoms. The SMILES string of the molecule is CCOC(=O)c1cnc2nc(OC)ccc2c1N. The van der Waals surface area contributed by atoms with Gasteiger partial charge in [0.15, 0.2) is 5.65 Å². The number of methoxy groups -OCH3 is 1. The largest absolute Gasteiger partial charge is 0.481 e. The number of hydrogen-bond acceptors (Lipinski definition) is 6. The van der Waals surface area contributed by atoms with Crippen LogP contribution in [0.4, 0.5) is 5.69 Å². The van der Waals surface area contributed by atoms with Gasteiger partial charge in [0.2, 0.25) is 5.88 Å². The monoisotopic (exact) mass is 247 g/mol. The zero-order valence-electron chi connectivity index (χ0n) is 10.1. The van der Waals surface area contributed by atoms with Gasteiger partial charge in [-0.05, 0) is 13.0 Å². The van der Waals surface area contributed by atoms with Crippen molar-refractivity contribution in [3.8, 4) is 5.88 Å². The van der Waals surface area contributed by atoms with Crippen molar-refractivity contribution in [2.24, 2.45) is 0 Å². The second kappa shape index (κ2) is 4.87. The van der Waals surface area contributed by atoms with Crippen LogP contribution in [0.25, 0.3) is 11.0 Å². The number of esters is 1. The molecule has 0 spiro atoms. The topological polar surface area (TPSA) is 87.3 Å². The zero-order chi connectivity index (χ0) is 13.1. The molecule has 6 heteroatoms. The van der Waals surface area contributed by atoms with Crippen molar-refractivity contribution >= 4 is 22.7 Å². The maximum absolute atomic E-state index is 11.6. The van der Waals surface area contributed by atoms with Crippen molar-refractivity contribution in [1.29, 1.82) is 0 Å². The van der Waals surface area contributed by atoms with Crippen LogP contribution < -0.4 is 10.5 Å². The highest BCUT2D eigenvalue weighted by molar-refractivity contribution is 6.03. The van der Waals surface area contributed by atoms with Crippen molar-refractivity contribution in [3.05, 3.63) is 23.9 Å². The molecular weight excluding hydrogens is 234 g/mol. The van der Waals surface area contributed by atoms with E-state index in [1.54, 1.807) is 19.1 Å². The van der Waals surface area contributed by atoms with E-state index >= 15 is 0 Å². The van der Waals surface area contributed by atoms with Gasteiger partial charge < -0.3 is 15.2 Å². The predicted octanol–water partition coefficient (Wildman–Crippen LogP) is 1.40. The Kier molecular flexibility index (Phi) is 3.27. The number of nitrogens with zero attached hydrogens (tertiary/aromatic N) is 2. The third kappa shape index (κ3) is 2.04. The minimum atomic E-state index is -0.486. The number of nitrogens with two attached hydrogens (primary N) is 1. The normalized spacial score (nSPS) is 10.3. The lowest BCUT2D eigenvalue weighted by molar-refractivity contribution is 0.0527. The predicted molar refractivity (Wildman–Crippen MR) is 66.5 cm³/mol. The Labute approximate surface area is 104 Å². The van der Waals surface area contributed by atoms with E-state index in [-0.39, 0.29) is 12.2 Å². The van der Waals surface area contributed by atoms with E-state index in [2.05, 4.69) is 9.97 Å². The molecule has 0 aliphatic carbocycles. The molecule has 0 aliphatic rings. The molecule has 2 heterocycles. The molecule has 2 rings (SSSR count). The van der Waals surface area contributed by atoms with Crippen LogP contribution in [0.3, 0.4) is 0 Å². The van der Waals surface area contributed by atoms with Gasteiger partial charge >= 0.3 is 5.97 Å². The van der Waals surface area contributed by atoms with Crippen LogP contribution in [0.1, 0.15) is 17.3 Å². The van der Waals surface area contributed by atoms with Crippen LogP contribution in [-0.4, -0.2) is 29.7 Å². The second-order valence-corrected chi connectivity index (χ2v) is 3.53. The summed E-state index contributed by atoms with van der Waals surface area (Å²) in [5, 5.41) is 0.598. The number of rotatable bonds is 3. The Hall–Kier alpha value is -2.37. The standard InChI is InChI=1S/C12H13N3O3/c1-3-18-12(16)8-6-14-11-7(10(8)13)4-5-9(15-11)17-2/h4-6H,3H2,1-2H3,(H2,13,14,15). The molecule has 0 bridgehead atoms. The van der Waals surface area contributed by atoms with Gasteiger partial charge in [0.1, 0.15) is 5.56 Å². The van der Waals surface area contributed by atoms with Crippen LogP contribution in [0, 0.1) is 0 Å². The average molecular weight is 247 g/mol. The van der Waals surface area contributed by atoms with Gasteiger partial charge in [-0.25, -0.2) is 9.78 Å². The van der Waals surface area contributed by atoms with Gasteiger partial charge in [0.25, 0.3) is 0 Å². The summed E-state index contributed by atoms with van der Waals surface area (Å²) in [7, 11) is 1.52. The maximum atomic E-state index is 11.6. The van der Waals surface area contributed by atoms with Gasteiger partial charge in [0.05, 0.1) is 19.4 Å². The van der Waals surface area contributed by atoms with E-state index in [1.165, 1.54) is 13.3 Å². The summed E-state index contributed by atoms with van der Waals surface area (Å²) in [4.78, 5) is 19.9. The number of anilines is 1. The van der Waals surface area contributed by atoms with Gasteiger partial charge in [-0.3, -0.25) is 0 Å². The number of carbonyl (C=O) groups is 1. The number of aromatic nitrogens is 2. The molecule has 0 aliphatic heterocycles. The molecule has 0 unspecified atom stereocenters. The van der Waals surface area contributed by atoms with Crippen molar-refractivity contribution in [1.82, 2.24) is 9.97 Å². The molecule has 94 valence electrons. The Morgan fingerprint density at radius 2 is 2.22 bits per heavy atom. The fourth-order valence-electron chi connectivity index (χ4n) is 1.57. The lowest BCUT2D eigenvalue weighted by Gasteiger charge is -2.08. The summed E-state index contributed by atoms with van der Waals surface area (Å²) >= 11 is 0. The van der Waals surface area contributed by atoms with E-state index in [0.29, 0.717) is 22.6 Å². The first-order chi connectivity index (χ1) is 8.67. The number of nitrogen functional groups attached to an aromatic ring is 1. The van der Waals surface area contributed by atoms with Crippen molar-refractivity contribution in [2.75, 3.05) is 19.5 Å². The van der Waals surface area contributed by atoms with Crippen molar-refractivity contribution in [3.63, 3.8) is 0 Å². The molecule has 0 fully saturated rings. The molecular formula is C12H13N3O3. The van der Waals surface area contributed by atoms with E-state index in [1.807, 2.05) is 0 Å². The highest BCUT2D eigenvalue weighted by atomic mass is 16.5. The first-order valence-electron chi connectivity index (χ1n) is 5.43. The van der Waals surface area contributed by atoms with Gasteiger partial charge in [-0.1, -0.05) is 0 Å². The van der Waals surface area contributed by atoms with Crippen molar-refractivity contribution < 1.29 is 14.3 Å². The molecule has 0 aromatic carbocycles. The van der Waals surface area contributed by atoms with Crippen LogP contribution in [0.2, 0.25) is 0 Å². The molecule has 2 aromatic rings. The molecule has 2 aromatic heterocycles. The van der Waals surface area contributed by atoms with Crippen LogP contribution >= 0.6 is 0 Å². The molecule has 0 atom stereocenters. The highest BCUT2D eigenvalue weighted by Gasteiger charge is 2.15. The average Bonchev–Trinajstić information content (AvgIpc) is 2.38. The van der Waals surface area contributed by atoms with Gasteiger partial charge in [0, 0.05) is 17.6 Å². The smallest absolute Gasteiger partial charge is 0.341 e. The minimum Gasteiger partial charge on any atom is -0.481 e.